The van der Waals surface area contributed by atoms with E-state index in [9.17, 15) is 9.59 Å². The van der Waals surface area contributed by atoms with Crippen molar-refractivity contribution in [2.75, 3.05) is 13.7 Å². The molecule has 3 aromatic rings. The highest BCUT2D eigenvalue weighted by molar-refractivity contribution is 5.89. The molecule has 2 aromatic carbocycles. The molecule has 1 amide bonds. The molecular formula is C20H19NO5. The minimum atomic E-state index is -0.422. The van der Waals surface area contributed by atoms with Gasteiger partial charge in [-0.15, -0.1) is 0 Å². The van der Waals surface area contributed by atoms with Crippen LogP contribution in [-0.4, -0.2) is 25.6 Å². The van der Waals surface area contributed by atoms with E-state index in [0.717, 1.165) is 11.0 Å². The molecule has 0 spiro atoms. The van der Waals surface area contributed by atoms with Crippen LogP contribution in [0.1, 0.15) is 29.1 Å². The number of nitrogens with one attached hydrogen (secondary N) is 1. The van der Waals surface area contributed by atoms with E-state index in [1.165, 1.54) is 7.11 Å². The minimum Gasteiger partial charge on any atom is -0.484 e. The molecule has 0 aliphatic carbocycles. The van der Waals surface area contributed by atoms with Crippen LogP contribution in [-0.2, 0) is 9.53 Å². The maximum atomic E-state index is 12.1. The van der Waals surface area contributed by atoms with Crippen molar-refractivity contribution in [3.8, 4) is 5.75 Å². The molecule has 0 unspecified atom stereocenters. The predicted molar refractivity (Wildman–Crippen MR) is 96.0 cm³/mol. The highest BCUT2D eigenvalue weighted by Crippen LogP contribution is 2.23. The lowest BCUT2D eigenvalue weighted by Gasteiger charge is -2.12. The van der Waals surface area contributed by atoms with Gasteiger partial charge in [-0.1, -0.05) is 18.2 Å². The van der Waals surface area contributed by atoms with Crippen molar-refractivity contribution in [2.24, 2.45) is 0 Å². The van der Waals surface area contributed by atoms with Crippen LogP contribution < -0.4 is 10.1 Å². The number of para-hydroxylation sites is 1. The second-order valence-electron chi connectivity index (χ2n) is 5.78. The Morgan fingerprint density at radius 3 is 2.54 bits per heavy atom. The lowest BCUT2D eigenvalue weighted by Crippen LogP contribution is -2.31. The van der Waals surface area contributed by atoms with Gasteiger partial charge in [-0.25, -0.2) is 4.79 Å². The number of fused-ring (bicyclic) bond motifs is 1. The Balaban J connectivity index is 1.54. The van der Waals surface area contributed by atoms with Crippen LogP contribution in [0.2, 0.25) is 0 Å². The lowest BCUT2D eigenvalue weighted by molar-refractivity contribution is -0.123. The maximum Gasteiger partial charge on any atom is 0.337 e. The molecule has 0 aliphatic rings. The number of carbonyl (C=O) groups excluding carboxylic acids is 2. The zero-order chi connectivity index (χ0) is 18.5. The number of hydrogen-bond acceptors (Lipinski definition) is 5. The third kappa shape index (κ3) is 4.03. The largest absolute Gasteiger partial charge is 0.484 e. The van der Waals surface area contributed by atoms with Crippen LogP contribution in [0, 0.1) is 0 Å². The third-order valence-corrected chi connectivity index (χ3v) is 3.89. The first-order valence-corrected chi connectivity index (χ1v) is 8.16. The standard InChI is InChI=1S/C20H19NO5/c1-13(18-11-15-5-3-4-6-17(15)26-18)21-19(22)12-25-16-9-7-14(8-10-16)20(23)24-2/h3-11,13H,12H2,1-2H3,(H,21,22)/t13-/m1/s1. The number of esters is 1. The molecule has 0 saturated heterocycles. The van der Waals surface area contributed by atoms with Crippen molar-refractivity contribution in [3.63, 3.8) is 0 Å². The van der Waals surface area contributed by atoms with Gasteiger partial charge >= 0.3 is 5.97 Å². The van der Waals surface area contributed by atoms with E-state index < -0.39 is 5.97 Å². The van der Waals surface area contributed by atoms with Gasteiger partial charge < -0.3 is 19.2 Å². The molecule has 0 radical (unpaired) electrons. The van der Waals surface area contributed by atoms with Crippen molar-refractivity contribution >= 4 is 22.8 Å². The van der Waals surface area contributed by atoms with E-state index in [4.69, 9.17) is 9.15 Å². The SMILES string of the molecule is COC(=O)c1ccc(OCC(=O)N[C@H](C)c2cc3ccccc3o2)cc1. The Kier molecular flexibility index (Phi) is 5.22. The molecule has 6 heteroatoms. The Labute approximate surface area is 150 Å². The smallest absolute Gasteiger partial charge is 0.337 e. The number of amides is 1. The van der Waals surface area contributed by atoms with Gasteiger partial charge in [0, 0.05) is 5.39 Å². The lowest BCUT2D eigenvalue weighted by atomic mass is 10.2. The molecule has 1 atom stereocenters. The van der Waals surface area contributed by atoms with Gasteiger partial charge in [-0.05, 0) is 43.3 Å². The fraction of sp³-hybridized carbons (Fsp3) is 0.200. The molecule has 6 nitrogen and oxygen atoms in total. The average Bonchev–Trinajstić information content (AvgIpc) is 3.10. The van der Waals surface area contributed by atoms with Crippen LogP contribution in [0.25, 0.3) is 11.0 Å². The summed E-state index contributed by atoms with van der Waals surface area (Å²) in [6.45, 7) is 1.71. The number of rotatable bonds is 6. The van der Waals surface area contributed by atoms with E-state index in [2.05, 4.69) is 10.1 Å². The molecule has 1 aromatic heterocycles. The van der Waals surface area contributed by atoms with Crippen molar-refractivity contribution < 1.29 is 23.5 Å². The summed E-state index contributed by atoms with van der Waals surface area (Å²) in [7, 11) is 1.32. The Bertz CT molecular complexity index is 880. The zero-order valence-corrected chi connectivity index (χ0v) is 14.5. The van der Waals surface area contributed by atoms with E-state index >= 15 is 0 Å². The van der Waals surface area contributed by atoms with Crippen LogP contribution >= 0.6 is 0 Å². The number of ether oxygens (including phenoxy) is 2. The number of carbonyl (C=O) groups is 2. The van der Waals surface area contributed by atoms with E-state index in [-0.39, 0.29) is 18.6 Å². The Morgan fingerprint density at radius 2 is 1.85 bits per heavy atom. The Hall–Kier alpha value is -3.28. The Morgan fingerprint density at radius 1 is 1.12 bits per heavy atom. The molecule has 0 fully saturated rings. The van der Waals surface area contributed by atoms with Crippen molar-refractivity contribution in [3.05, 3.63) is 65.9 Å². The van der Waals surface area contributed by atoms with Gasteiger partial charge in [-0.3, -0.25) is 4.79 Å². The highest BCUT2D eigenvalue weighted by Gasteiger charge is 2.14. The average molecular weight is 353 g/mol. The summed E-state index contributed by atoms with van der Waals surface area (Å²) < 4.78 is 15.8. The van der Waals surface area contributed by atoms with Gasteiger partial charge in [0.25, 0.3) is 5.91 Å². The summed E-state index contributed by atoms with van der Waals surface area (Å²) in [5.74, 6) is 0.482. The monoisotopic (exact) mass is 353 g/mol. The van der Waals surface area contributed by atoms with Crippen molar-refractivity contribution in [2.45, 2.75) is 13.0 Å². The summed E-state index contributed by atoms with van der Waals surface area (Å²) in [5, 5.41) is 3.83. The highest BCUT2D eigenvalue weighted by atomic mass is 16.5. The first-order chi connectivity index (χ1) is 12.6. The summed E-state index contributed by atoms with van der Waals surface area (Å²) in [4.78, 5) is 23.5. The maximum absolute atomic E-state index is 12.1. The van der Waals surface area contributed by atoms with Gasteiger partial charge in [-0.2, -0.15) is 0 Å². The molecule has 0 bridgehead atoms. The molecule has 134 valence electrons. The van der Waals surface area contributed by atoms with Crippen LogP contribution in [0.15, 0.2) is 59.0 Å². The van der Waals surface area contributed by atoms with E-state index in [0.29, 0.717) is 17.1 Å². The molecule has 0 aliphatic heterocycles. The second-order valence-corrected chi connectivity index (χ2v) is 5.78. The van der Waals surface area contributed by atoms with E-state index in [1.54, 1.807) is 24.3 Å². The van der Waals surface area contributed by atoms with Crippen LogP contribution in [0.3, 0.4) is 0 Å². The second kappa shape index (κ2) is 7.74. The van der Waals surface area contributed by atoms with Gasteiger partial charge in [0.1, 0.15) is 17.1 Å². The predicted octanol–water partition coefficient (Wildman–Crippen LogP) is 3.48. The number of benzene rings is 2. The summed E-state index contributed by atoms with van der Waals surface area (Å²) >= 11 is 0. The third-order valence-electron chi connectivity index (χ3n) is 3.89. The van der Waals surface area contributed by atoms with Crippen molar-refractivity contribution in [1.29, 1.82) is 0 Å². The fourth-order valence-corrected chi connectivity index (χ4v) is 2.52. The molecular weight excluding hydrogens is 334 g/mol. The first-order valence-electron chi connectivity index (χ1n) is 8.16. The van der Waals surface area contributed by atoms with Crippen LogP contribution in [0.4, 0.5) is 0 Å². The summed E-state index contributed by atoms with van der Waals surface area (Å²) in [6.07, 6.45) is 0. The van der Waals surface area contributed by atoms with E-state index in [1.807, 2.05) is 37.3 Å². The molecule has 1 heterocycles. The molecule has 3 rings (SSSR count). The van der Waals surface area contributed by atoms with Gasteiger partial charge in [0.05, 0.1) is 18.7 Å². The fourth-order valence-electron chi connectivity index (χ4n) is 2.52. The van der Waals surface area contributed by atoms with Gasteiger partial charge in [0.15, 0.2) is 6.61 Å². The first kappa shape index (κ1) is 17.5. The number of furan rings is 1. The minimum absolute atomic E-state index is 0.137. The normalized spacial score (nSPS) is 11.8. The molecule has 0 saturated carbocycles. The topological polar surface area (TPSA) is 77.8 Å². The number of hydrogen-bond donors (Lipinski definition) is 1. The summed E-state index contributed by atoms with van der Waals surface area (Å²) in [5.41, 5.74) is 1.20. The quantitative estimate of drug-likeness (QED) is 0.687. The molecule has 26 heavy (non-hydrogen) atoms. The van der Waals surface area contributed by atoms with Crippen LogP contribution in [0.5, 0.6) is 5.75 Å². The summed E-state index contributed by atoms with van der Waals surface area (Å²) in [6, 6.07) is 15.7. The number of methoxy groups -OCH3 is 1. The molecule has 1 N–H and O–H groups in total. The zero-order valence-electron chi connectivity index (χ0n) is 14.5. The van der Waals surface area contributed by atoms with Crippen molar-refractivity contribution in [1.82, 2.24) is 5.32 Å². The van der Waals surface area contributed by atoms with Gasteiger partial charge in [0.2, 0.25) is 0 Å².